The van der Waals surface area contributed by atoms with Gasteiger partial charge in [-0.25, -0.2) is 0 Å². The van der Waals surface area contributed by atoms with E-state index in [1.165, 1.54) is 11.3 Å². The quantitative estimate of drug-likeness (QED) is 0.419. The van der Waals surface area contributed by atoms with Crippen LogP contribution in [0.1, 0.15) is 38.0 Å². The van der Waals surface area contributed by atoms with Crippen LogP contribution < -0.4 is 4.87 Å². The summed E-state index contributed by atoms with van der Waals surface area (Å²) in [6, 6.07) is 7.54. The molecule has 6 heteroatoms. The summed E-state index contributed by atoms with van der Waals surface area (Å²) in [7, 11) is 0. The second-order valence-corrected chi connectivity index (χ2v) is 6.33. The minimum Gasteiger partial charge on any atom is -0.539 e. The Bertz CT molecular complexity index is 708. The molecule has 1 heterocycles. The number of rotatable bonds is 7. The molecule has 1 aromatic heterocycles. The molecule has 0 N–H and O–H groups in total. The summed E-state index contributed by atoms with van der Waals surface area (Å²) >= 11 is 1.32. The normalized spacial score (nSPS) is 12.5. The van der Waals surface area contributed by atoms with Crippen LogP contribution >= 0.6 is 11.3 Å². The Morgan fingerprint density at radius 3 is 2.83 bits per heavy atom. The number of hydrogen-bond acceptors (Lipinski definition) is 5. The fourth-order valence-corrected chi connectivity index (χ4v) is 2.57. The van der Waals surface area contributed by atoms with E-state index < -0.39 is 0 Å². The molecule has 138 valence electrons. The van der Waals surface area contributed by atoms with Gasteiger partial charge in [-0.05, 0) is 36.7 Å². The first kappa shape index (κ1) is 21.7. The maximum Gasteiger partial charge on any atom is 0.310 e. The van der Waals surface area contributed by atoms with E-state index in [2.05, 4.69) is 24.2 Å². The van der Waals surface area contributed by atoms with Gasteiger partial charge >= 0.3 is 5.97 Å². The minimum atomic E-state index is -0.221. The van der Waals surface area contributed by atoms with Crippen molar-refractivity contribution in [3.8, 4) is 0 Å². The summed E-state index contributed by atoms with van der Waals surface area (Å²) in [5.74, 6) is 1.06. The largest absolute Gasteiger partial charge is 0.539 e. The van der Waals surface area contributed by atoms with Gasteiger partial charge in [0, 0.05) is 46.9 Å². The SMILES string of the molecule is CCC(C)CCOC(=O)Cc1ccccc1N=c1oc(C)[c-]s1.[Yb]. The fraction of sp³-hybridized carbons (Fsp3) is 0.444. The number of para-hydroxylation sites is 1. The number of carbonyl (C=O) groups is 1. The predicted octanol–water partition coefficient (Wildman–Crippen LogP) is 4.20. The average Bonchev–Trinajstić information content (AvgIpc) is 2.94. The molecule has 0 aliphatic rings. The van der Waals surface area contributed by atoms with E-state index in [1.54, 1.807) is 0 Å². The van der Waals surface area contributed by atoms with E-state index in [9.17, 15) is 4.79 Å². The maximum atomic E-state index is 12.0. The van der Waals surface area contributed by atoms with Crippen molar-refractivity contribution in [1.82, 2.24) is 0 Å². The molecule has 0 saturated heterocycles. The van der Waals surface area contributed by atoms with Crippen molar-refractivity contribution in [2.45, 2.75) is 40.0 Å². The first-order valence-electron chi connectivity index (χ1n) is 7.85. The van der Waals surface area contributed by atoms with Crippen LogP contribution in [0.5, 0.6) is 0 Å². The van der Waals surface area contributed by atoms with Gasteiger partial charge in [0.05, 0.1) is 18.7 Å². The van der Waals surface area contributed by atoms with Crippen LogP contribution in [0.4, 0.5) is 5.69 Å². The molecule has 0 amide bonds. The zero-order valence-corrected chi connectivity index (χ0v) is 16.6. The third kappa shape index (κ3) is 7.26. The van der Waals surface area contributed by atoms with Crippen LogP contribution in [0.25, 0.3) is 0 Å². The summed E-state index contributed by atoms with van der Waals surface area (Å²) < 4.78 is 10.8. The Morgan fingerprint density at radius 1 is 1.42 bits per heavy atom. The number of aryl methyl sites for hydroxylation is 1. The van der Waals surface area contributed by atoms with Crippen molar-refractivity contribution < 1.29 is 60.9 Å². The van der Waals surface area contributed by atoms with Crippen molar-refractivity contribution in [2.75, 3.05) is 6.61 Å². The third-order valence-electron chi connectivity index (χ3n) is 3.63. The number of carbonyl (C=O) groups excluding carboxylic acids is 1. The van der Waals surface area contributed by atoms with E-state index in [4.69, 9.17) is 9.15 Å². The molecular formula is C18H22NO3SYb-. The van der Waals surface area contributed by atoms with Gasteiger partial charge < -0.3 is 9.15 Å². The standard InChI is InChI=1S/C18H22NO3S.Yb/c1-4-13(2)9-10-21-17(20)11-15-7-5-6-8-16(15)19-18-22-14(3)12-23-18;/h5-8,13H,4,9-11H2,1-3H3;/q-1;. The molecule has 1 unspecified atom stereocenters. The molecule has 2 aromatic rings. The van der Waals surface area contributed by atoms with Gasteiger partial charge in [0.25, 0.3) is 0 Å². The van der Waals surface area contributed by atoms with Gasteiger partial charge in [-0.1, -0.05) is 38.5 Å². The third-order valence-corrected chi connectivity index (χ3v) is 4.37. The predicted molar refractivity (Wildman–Crippen MR) is 90.6 cm³/mol. The Kier molecular flexibility index (Phi) is 10.2. The Balaban J connectivity index is 0.00000288. The van der Waals surface area contributed by atoms with Gasteiger partial charge in [-0.2, -0.15) is 0 Å². The second-order valence-electron chi connectivity index (χ2n) is 5.57. The molecule has 1 aromatic carbocycles. The molecule has 0 radical (unpaired) electrons. The van der Waals surface area contributed by atoms with Gasteiger partial charge in [0.15, 0.2) is 0 Å². The molecule has 0 spiro atoms. The zero-order valence-electron chi connectivity index (χ0n) is 14.1. The van der Waals surface area contributed by atoms with Gasteiger partial charge in [0.1, 0.15) is 4.87 Å². The maximum absolute atomic E-state index is 12.0. The monoisotopic (exact) mass is 506 g/mol. The molecule has 0 saturated carbocycles. The summed E-state index contributed by atoms with van der Waals surface area (Å²) in [4.78, 5) is 17.0. The van der Waals surface area contributed by atoms with E-state index in [-0.39, 0.29) is 59.3 Å². The van der Waals surface area contributed by atoms with Crippen LogP contribution in [0.3, 0.4) is 0 Å². The first-order chi connectivity index (χ1) is 11.1. The van der Waals surface area contributed by atoms with Crippen LogP contribution in [-0.4, -0.2) is 12.6 Å². The number of nitrogens with zero attached hydrogens (tertiary/aromatic N) is 1. The topological polar surface area (TPSA) is 51.8 Å². The molecule has 24 heavy (non-hydrogen) atoms. The second kappa shape index (κ2) is 11.3. The molecule has 1 atom stereocenters. The van der Waals surface area contributed by atoms with Crippen molar-refractivity contribution in [3.05, 3.63) is 45.8 Å². The van der Waals surface area contributed by atoms with Crippen LogP contribution in [0.2, 0.25) is 0 Å². The molecule has 2 rings (SSSR count). The molecule has 0 aliphatic heterocycles. The van der Waals surface area contributed by atoms with E-state index >= 15 is 0 Å². The van der Waals surface area contributed by atoms with Gasteiger partial charge in [-0.3, -0.25) is 21.1 Å². The summed E-state index contributed by atoms with van der Waals surface area (Å²) in [6.45, 7) is 6.60. The summed E-state index contributed by atoms with van der Waals surface area (Å²) in [6.07, 6.45) is 2.21. The first-order valence-corrected chi connectivity index (χ1v) is 8.66. The van der Waals surface area contributed by atoms with E-state index in [1.807, 2.05) is 31.2 Å². The number of hydrogen-bond donors (Lipinski definition) is 0. The number of esters is 1. The zero-order chi connectivity index (χ0) is 16.7. The van der Waals surface area contributed by atoms with Gasteiger partial charge in [-0.15, -0.1) is 5.38 Å². The Hall–Kier alpha value is -0.361. The molecule has 0 aliphatic carbocycles. The molecule has 0 fully saturated rings. The Morgan fingerprint density at radius 2 is 2.17 bits per heavy atom. The molecule has 4 nitrogen and oxygen atoms in total. The number of benzene rings is 1. The van der Waals surface area contributed by atoms with Crippen LogP contribution in [0.15, 0.2) is 33.7 Å². The van der Waals surface area contributed by atoms with Crippen LogP contribution in [-0.2, 0) is 16.0 Å². The van der Waals surface area contributed by atoms with Crippen molar-refractivity contribution >= 4 is 23.0 Å². The smallest absolute Gasteiger partial charge is 0.310 e. The summed E-state index contributed by atoms with van der Waals surface area (Å²) in [5.41, 5.74) is 1.56. The minimum absolute atomic E-state index is 0. The molecule has 0 bridgehead atoms. The summed E-state index contributed by atoms with van der Waals surface area (Å²) in [5, 5.41) is 2.98. The van der Waals surface area contributed by atoms with Crippen LogP contribution in [0, 0.1) is 65.1 Å². The van der Waals surface area contributed by atoms with Crippen molar-refractivity contribution in [3.63, 3.8) is 0 Å². The van der Waals surface area contributed by atoms with Crippen molar-refractivity contribution in [1.29, 1.82) is 0 Å². The van der Waals surface area contributed by atoms with E-state index in [0.29, 0.717) is 23.2 Å². The average molecular weight is 505 g/mol. The Labute approximate surface area is 185 Å². The van der Waals surface area contributed by atoms with Gasteiger partial charge in [0.2, 0.25) is 0 Å². The van der Waals surface area contributed by atoms with E-state index in [0.717, 1.165) is 24.1 Å². The van der Waals surface area contributed by atoms with Crippen molar-refractivity contribution in [2.24, 2.45) is 10.9 Å². The molecular weight excluding hydrogens is 483 g/mol. The fourth-order valence-electron chi connectivity index (χ4n) is 1.99. The number of ether oxygens (including phenoxy) is 1.